The Bertz CT molecular complexity index is 756. The molecular weight excluding hydrogens is 332 g/mol. The standard InChI is InChI=1S/C17H17ClN2O4/c1-10-7-20(8-14(10)17(22)23)15(21)6-13-9-24-16(19-13)11-2-4-12(18)5-3-11/h2-5,9-10,14H,6-8H2,1H3,(H,22,23)/t10-,14-/m1/s1. The van der Waals surface area contributed by atoms with Crippen LogP contribution < -0.4 is 0 Å². The molecule has 0 unspecified atom stereocenters. The monoisotopic (exact) mass is 348 g/mol. The maximum Gasteiger partial charge on any atom is 0.308 e. The van der Waals surface area contributed by atoms with Crippen LogP contribution in [0.3, 0.4) is 0 Å². The van der Waals surface area contributed by atoms with Gasteiger partial charge >= 0.3 is 5.97 Å². The zero-order valence-electron chi connectivity index (χ0n) is 13.1. The lowest BCUT2D eigenvalue weighted by Crippen LogP contribution is -2.31. The van der Waals surface area contributed by atoms with Crippen molar-refractivity contribution in [3.63, 3.8) is 0 Å². The minimum atomic E-state index is -0.857. The minimum Gasteiger partial charge on any atom is -0.481 e. The fourth-order valence-electron chi connectivity index (χ4n) is 2.87. The Morgan fingerprint density at radius 3 is 2.67 bits per heavy atom. The molecule has 6 nitrogen and oxygen atoms in total. The third-order valence-corrected chi connectivity index (χ3v) is 4.51. The van der Waals surface area contributed by atoms with E-state index in [9.17, 15) is 9.59 Å². The summed E-state index contributed by atoms with van der Waals surface area (Å²) < 4.78 is 5.42. The predicted molar refractivity (Wildman–Crippen MR) is 87.5 cm³/mol. The van der Waals surface area contributed by atoms with E-state index in [0.717, 1.165) is 5.56 Å². The summed E-state index contributed by atoms with van der Waals surface area (Å²) in [6, 6.07) is 7.06. The number of nitrogens with zero attached hydrogens (tertiary/aromatic N) is 2. The molecule has 24 heavy (non-hydrogen) atoms. The zero-order valence-corrected chi connectivity index (χ0v) is 13.9. The molecule has 126 valence electrons. The van der Waals surface area contributed by atoms with E-state index in [1.54, 1.807) is 29.2 Å². The van der Waals surface area contributed by atoms with Crippen LogP contribution in [0.5, 0.6) is 0 Å². The van der Waals surface area contributed by atoms with Gasteiger partial charge in [-0.1, -0.05) is 18.5 Å². The van der Waals surface area contributed by atoms with Crippen molar-refractivity contribution in [2.24, 2.45) is 11.8 Å². The molecule has 1 aromatic heterocycles. The van der Waals surface area contributed by atoms with E-state index < -0.39 is 11.9 Å². The summed E-state index contributed by atoms with van der Waals surface area (Å²) in [6.45, 7) is 2.55. The number of carbonyl (C=O) groups excluding carboxylic acids is 1. The summed E-state index contributed by atoms with van der Waals surface area (Å²) in [7, 11) is 0. The molecule has 1 fully saturated rings. The molecule has 1 N–H and O–H groups in total. The van der Waals surface area contributed by atoms with Gasteiger partial charge in [0.1, 0.15) is 6.26 Å². The van der Waals surface area contributed by atoms with Gasteiger partial charge in [-0.3, -0.25) is 9.59 Å². The predicted octanol–water partition coefficient (Wildman–Crippen LogP) is 2.72. The van der Waals surface area contributed by atoms with Gasteiger partial charge in [-0.15, -0.1) is 0 Å². The highest BCUT2D eigenvalue weighted by molar-refractivity contribution is 6.30. The van der Waals surface area contributed by atoms with E-state index in [2.05, 4.69) is 4.98 Å². The Balaban J connectivity index is 1.66. The van der Waals surface area contributed by atoms with Crippen molar-refractivity contribution in [2.45, 2.75) is 13.3 Å². The molecule has 0 radical (unpaired) electrons. The Morgan fingerprint density at radius 2 is 2.04 bits per heavy atom. The van der Waals surface area contributed by atoms with Gasteiger partial charge in [0, 0.05) is 23.7 Å². The normalized spacial score (nSPS) is 20.3. The van der Waals surface area contributed by atoms with Crippen LogP contribution in [0.25, 0.3) is 11.5 Å². The highest BCUT2D eigenvalue weighted by atomic mass is 35.5. The third kappa shape index (κ3) is 3.43. The highest BCUT2D eigenvalue weighted by Gasteiger charge is 2.36. The van der Waals surface area contributed by atoms with Crippen LogP contribution in [0.4, 0.5) is 0 Å². The molecule has 1 amide bonds. The van der Waals surface area contributed by atoms with Crippen LogP contribution >= 0.6 is 11.6 Å². The summed E-state index contributed by atoms with van der Waals surface area (Å²) in [5.74, 6) is -1.12. The summed E-state index contributed by atoms with van der Waals surface area (Å²) >= 11 is 5.85. The minimum absolute atomic E-state index is 0.0478. The molecule has 1 aliphatic rings. The summed E-state index contributed by atoms with van der Waals surface area (Å²) in [4.78, 5) is 29.4. The van der Waals surface area contributed by atoms with Crippen LogP contribution in [0.15, 0.2) is 34.9 Å². The molecule has 2 aromatic rings. The van der Waals surface area contributed by atoms with Gasteiger partial charge in [0.15, 0.2) is 0 Å². The number of rotatable bonds is 4. The van der Waals surface area contributed by atoms with E-state index in [1.807, 2.05) is 6.92 Å². The number of halogens is 1. The van der Waals surface area contributed by atoms with E-state index in [0.29, 0.717) is 23.2 Å². The number of amides is 1. The Kier molecular flexibility index (Phi) is 4.57. The molecule has 1 saturated heterocycles. The lowest BCUT2D eigenvalue weighted by molar-refractivity contribution is -0.142. The second-order valence-electron chi connectivity index (χ2n) is 6.05. The number of hydrogen-bond donors (Lipinski definition) is 1. The van der Waals surface area contributed by atoms with Crippen molar-refractivity contribution in [3.8, 4) is 11.5 Å². The van der Waals surface area contributed by atoms with Gasteiger partial charge in [0.2, 0.25) is 11.8 Å². The number of likely N-dealkylation sites (tertiary alicyclic amines) is 1. The average molecular weight is 349 g/mol. The number of aromatic nitrogens is 1. The lowest BCUT2D eigenvalue weighted by atomic mass is 9.99. The smallest absolute Gasteiger partial charge is 0.308 e. The van der Waals surface area contributed by atoms with Crippen molar-refractivity contribution in [1.82, 2.24) is 9.88 Å². The molecule has 3 rings (SSSR count). The molecular formula is C17H17ClN2O4. The fourth-order valence-corrected chi connectivity index (χ4v) is 3.00. The highest BCUT2D eigenvalue weighted by Crippen LogP contribution is 2.25. The molecule has 1 aliphatic heterocycles. The number of carboxylic acids is 1. The summed E-state index contributed by atoms with van der Waals surface area (Å²) in [5, 5.41) is 9.77. The van der Waals surface area contributed by atoms with E-state index in [-0.39, 0.29) is 24.8 Å². The Labute approximate surface area is 144 Å². The van der Waals surface area contributed by atoms with Crippen molar-refractivity contribution >= 4 is 23.5 Å². The van der Waals surface area contributed by atoms with Crippen molar-refractivity contribution in [2.75, 3.05) is 13.1 Å². The van der Waals surface area contributed by atoms with Crippen LogP contribution in [0.1, 0.15) is 12.6 Å². The molecule has 2 heterocycles. The Morgan fingerprint density at radius 1 is 1.33 bits per heavy atom. The van der Waals surface area contributed by atoms with Crippen LogP contribution in [0, 0.1) is 11.8 Å². The first-order valence-corrected chi connectivity index (χ1v) is 8.02. The van der Waals surface area contributed by atoms with E-state index in [4.69, 9.17) is 21.1 Å². The van der Waals surface area contributed by atoms with Crippen molar-refractivity contribution in [3.05, 3.63) is 41.2 Å². The maximum absolute atomic E-state index is 12.4. The molecule has 0 spiro atoms. The second-order valence-corrected chi connectivity index (χ2v) is 6.48. The van der Waals surface area contributed by atoms with Crippen LogP contribution in [-0.2, 0) is 16.0 Å². The average Bonchev–Trinajstić information content (AvgIpc) is 3.15. The first-order valence-electron chi connectivity index (χ1n) is 7.65. The number of hydrogen-bond acceptors (Lipinski definition) is 4. The summed E-state index contributed by atoms with van der Waals surface area (Å²) in [6.07, 6.45) is 1.55. The van der Waals surface area contributed by atoms with Gasteiger partial charge in [-0.25, -0.2) is 4.98 Å². The van der Waals surface area contributed by atoms with Gasteiger partial charge < -0.3 is 14.4 Å². The lowest BCUT2D eigenvalue weighted by Gasteiger charge is -2.14. The van der Waals surface area contributed by atoms with Crippen LogP contribution in [-0.4, -0.2) is 40.0 Å². The number of carboxylic acid groups (broad SMARTS) is 1. The first kappa shape index (κ1) is 16.5. The molecule has 7 heteroatoms. The maximum atomic E-state index is 12.4. The van der Waals surface area contributed by atoms with Gasteiger partial charge in [0.05, 0.1) is 18.0 Å². The van der Waals surface area contributed by atoms with Gasteiger partial charge in [-0.2, -0.15) is 0 Å². The third-order valence-electron chi connectivity index (χ3n) is 4.26. The molecule has 0 bridgehead atoms. The van der Waals surface area contributed by atoms with Crippen molar-refractivity contribution in [1.29, 1.82) is 0 Å². The molecule has 0 aliphatic carbocycles. The van der Waals surface area contributed by atoms with E-state index in [1.165, 1.54) is 6.26 Å². The number of benzene rings is 1. The van der Waals surface area contributed by atoms with Gasteiger partial charge in [-0.05, 0) is 30.2 Å². The Hall–Kier alpha value is -2.34. The van der Waals surface area contributed by atoms with Crippen LogP contribution in [0.2, 0.25) is 5.02 Å². The molecule has 2 atom stereocenters. The second kappa shape index (κ2) is 6.65. The quantitative estimate of drug-likeness (QED) is 0.918. The molecule has 1 aromatic carbocycles. The van der Waals surface area contributed by atoms with E-state index >= 15 is 0 Å². The number of aliphatic carboxylic acids is 1. The number of oxazole rings is 1. The summed E-state index contributed by atoms with van der Waals surface area (Å²) in [5.41, 5.74) is 1.30. The number of carbonyl (C=O) groups is 2. The first-order chi connectivity index (χ1) is 11.4. The zero-order chi connectivity index (χ0) is 17.3. The molecule has 0 saturated carbocycles. The largest absolute Gasteiger partial charge is 0.481 e. The van der Waals surface area contributed by atoms with Crippen molar-refractivity contribution < 1.29 is 19.1 Å². The SMILES string of the molecule is C[C@@H]1CN(C(=O)Cc2coc(-c3ccc(Cl)cc3)n2)C[C@H]1C(=O)O. The van der Waals surface area contributed by atoms with Gasteiger partial charge in [0.25, 0.3) is 0 Å². The fraction of sp³-hybridized carbons (Fsp3) is 0.353. The topological polar surface area (TPSA) is 83.6 Å².